The molecule has 0 aromatic heterocycles. The Balaban J connectivity index is 2.22. The average molecular weight is 360 g/mol. The average Bonchev–Trinajstić information content (AvgIpc) is 2.53. The molecule has 0 heterocycles. The van der Waals surface area contributed by atoms with Gasteiger partial charge in [-0.25, -0.2) is 13.6 Å². The maximum Gasteiger partial charge on any atom is 0.334 e. The molecule has 1 amide bonds. The van der Waals surface area contributed by atoms with E-state index in [2.05, 4.69) is 5.32 Å². The van der Waals surface area contributed by atoms with Gasteiger partial charge in [-0.05, 0) is 37.0 Å². The van der Waals surface area contributed by atoms with E-state index < -0.39 is 29.3 Å². The van der Waals surface area contributed by atoms with Crippen molar-refractivity contribution in [1.82, 2.24) is 5.32 Å². The van der Waals surface area contributed by atoms with E-state index in [9.17, 15) is 23.5 Å². The number of benzene rings is 1. The van der Waals surface area contributed by atoms with Gasteiger partial charge >= 0.3 is 5.97 Å². The first-order valence-corrected chi connectivity index (χ1v) is 8.27. The standard InChI is InChI=1S/C17H20ClF2NO3/c1-2-17(15(23)24,12-3-5-13(18)6-4-12)21-14(22)11-7-9-16(19,20)10-8-11/h3-6,11H,2,7-10H2,1H3,(H,21,22)(H,23,24). The van der Waals surface area contributed by atoms with E-state index >= 15 is 0 Å². The fraction of sp³-hybridized carbons (Fsp3) is 0.529. The molecule has 2 N–H and O–H groups in total. The molecule has 7 heteroatoms. The van der Waals surface area contributed by atoms with Crippen LogP contribution in [0.25, 0.3) is 0 Å². The molecule has 0 saturated heterocycles. The Morgan fingerprint density at radius 1 is 1.29 bits per heavy atom. The number of nitrogens with one attached hydrogen (secondary N) is 1. The molecule has 0 bridgehead atoms. The highest BCUT2D eigenvalue weighted by atomic mass is 35.5. The Hall–Kier alpha value is -1.69. The van der Waals surface area contributed by atoms with E-state index in [4.69, 9.17) is 11.6 Å². The molecular formula is C17H20ClF2NO3. The third-order valence-corrected chi connectivity index (χ3v) is 4.91. The van der Waals surface area contributed by atoms with Crippen molar-refractivity contribution < 1.29 is 23.5 Å². The van der Waals surface area contributed by atoms with E-state index in [0.717, 1.165) is 0 Å². The molecule has 1 aliphatic rings. The predicted molar refractivity (Wildman–Crippen MR) is 86.1 cm³/mol. The lowest BCUT2D eigenvalue weighted by molar-refractivity contribution is -0.150. The quantitative estimate of drug-likeness (QED) is 0.835. The van der Waals surface area contributed by atoms with Gasteiger partial charge < -0.3 is 10.4 Å². The predicted octanol–water partition coefficient (Wildman–Crippen LogP) is 3.97. The number of amides is 1. The van der Waals surface area contributed by atoms with Crippen molar-refractivity contribution in [3.05, 3.63) is 34.9 Å². The topological polar surface area (TPSA) is 66.4 Å². The first-order chi connectivity index (χ1) is 11.2. The highest BCUT2D eigenvalue weighted by Crippen LogP contribution is 2.37. The Morgan fingerprint density at radius 3 is 2.29 bits per heavy atom. The highest BCUT2D eigenvalue weighted by molar-refractivity contribution is 6.30. The lowest BCUT2D eigenvalue weighted by Gasteiger charge is -2.34. The molecule has 4 nitrogen and oxygen atoms in total. The van der Waals surface area contributed by atoms with E-state index in [1.54, 1.807) is 31.2 Å². The van der Waals surface area contributed by atoms with Crippen molar-refractivity contribution in [2.24, 2.45) is 5.92 Å². The molecule has 0 aliphatic heterocycles. The minimum atomic E-state index is -2.73. The molecule has 1 saturated carbocycles. The second kappa shape index (κ2) is 7.05. The van der Waals surface area contributed by atoms with Gasteiger partial charge in [0, 0.05) is 23.8 Å². The van der Waals surface area contributed by atoms with Crippen molar-refractivity contribution in [1.29, 1.82) is 0 Å². The van der Waals surface area contributed by atoms with Crippen LogP contribution < -0.4 is 5.32 Å². The third-order valence-electron chi connectivity index (χ3n) is 4.66. The number of carboxylic acid groups (broad SMARTS) is 1. The fourth-order valence-electron chi connectivity index (χ4n) is 3.04. The van der Waals surface area contributed by atoms with Gasteiger partial charge in [0.05, 0.1) is 0 Å². The van der Waals surface area contributed by atoms with Gasteiger partial charge in [0.25, 0.3) is 0 Å². The minimum absolute atomic E-state index is 0.0544. The van der Waals surface area contributed by atoms with E-state index in [-0.39, 0.29) is 32.1 Å². The van der Waals surface area contributed by atoms with Crippen LogP contribution in [0.5, 0.6) is 0 Å². The van der Waals surface area contributed by atoms with Crippen LogP contribution in [-0.2, 0) is 15.1 Å². The van der Waals surface area contributed by atoms with Crippen molar-refractivity contribution in [2.45, 2.75) is 50.5 Å². The number of carbonyl (C=O) groups is 2. The largest absolute Gasteiger partial charge is 0.479 e. The van der Waals surface area contributed by atoms with E-state index in [0.29, 0.717) is 10.6 Å². The summed E-state index contributed by atoms with van der Waals surface area (Å²) in [7, 11) is 0. The van der Waals surface area contributed by atoms with Crippen LogP contribution in [0.1, 0.15) is 44.6 Å². The molecule has 0 spiro atoms. The molecule has 1 aliphatic carbocycles. The SMILES string of the molecule is CCC(NC(=O)C1CCC(F)(F)CC1)(C(=O)O)c1ccc(Cl)cc1. The van der Waals surface area contributed by atoms with Crippen LogP contribution in [0, 0.1) is 5.92 Å². The molecule has 0 radical (unpaired) electrons. The molecule has 132 valence electrons. The Morgan fingerprint density at radius 2 is 1.83 bits per heavy atom. The van der Waals surface area contributed by atoms with Crippen LogP contribution in [0.15, 0.2) is 24.3 Å². The zero-order valence-electron chi connectivity index (χ0n) is 13.3. The normalized spacial score (nSPS) is 20.2. The Labute approximate surface area is 144 Å². The summed E-state index contributed by atoms with van der Waals surface area (Å²) in [5, 5.41) is 12.7. The molecule has 1 fully saturated rings. The van der Waals surface area contributed by atoms with Gasteiger partial charge in [-0.3, -0.25) is 4.79 Å². The van der Waals surface area contributed by atoms with Gasteiger partial charge in [0.1, 0.15) is 0 Å². The number of alkyl halides is 2. The zero-order chi connectivity index (χ0) is 18.0. The molecule has 24 heavy (non-hydrogen) atoms. The maximum atomic E-state index is 13.2. The number of carboxylic acids is 1. The van der Waals surface area contributed by atoms with E-state index in [1.807, 2.05) is 0 Å². The molecule has 1 unspecified atom stereocenters. The lowest BCUT2D eigenvalue weighted by Crippen LogP contribution is -2.53. The molecule has 2 rings (SSSR count). The zero-order valence-corrected chi connectivity index (χ0v) is 14.1. The smallest absolute Gasteiger partial charge is 0.334 e. The van der Waals surface area contributed by atoms with Crippen LogP contribution in [-0.4, -0.2) is 22.9 Å². The van der Waals surface area contributed by atoms with Gasteiger partial charge in [0.2, 0.25) is 11.8 Å². The number of halogens is 3. The summed E-state index contributed by atoms with van der Waals surface area (Å²) in [5.41, 5.74) is -1.20. The molecule has 1 aromatic rings. The number of carbonyl (C=O) groups excluding carboxylic acids is 1. The molecule has 1 atom stereocenters. The molecular weight excluding hydrogens is 340 g/mol. The second-order valence-corrected chi connectivity index (χ2v) is 6.63. The number of hydrogen-bond donors (Lipinski definition) is 2. The maximum absolute atomic E-state index is 13.2. The minimum Gasteiger partial charge on any atom is -0.479 e. The summed E-state index contributed by atoms with van der Waals surface area (Å²) in [6.07, 6.45) is -0.466. The van der Waals surface area contributed by atoms with Crippen molar-refractivity contribution in [3.63, 3.8) is 0 Å². The number of rotatable bonds is 5. The third kappa shape index (κ3) is 3.86. The second-order valence-electron chi connectivity index (χ2n) is 6.19. The van der Waals surface area contributed by atoms with Crippen molar-refractivity contribution in [3.8, 4) is 0 Å². The lowest BCUT2D eigenvalue weighted by atomic mass is 9.83. The first-order valence-electron chi connectivity index (χ1n) is 7.89. The first kappa shape index (κ1) is 18.6. The van der Waals surface area contributed by atoms with Gasteiger partial charge in [0.15, 0.2) is 5.54 Å². The summed E-state index contributed by atoms with van der Waals surface area (Å²) in [4.78, 5) is 24.4. The summed E-state index contributed by atoms with van der Waals surface area (Å²) in [6.45, 7) is 1.65. The number of aliphatic carboxylic acids is 1. The summed E-state index contributed by atoms with van der Waals surface area (Å²) in [6, 6.07) is 6.21. The van der Waals surface area contributed by atoms with Crippen LogP contribution in [0.3, 0.4) is 0 Å². The number of hydrogen-bond acceptors (Lipinski definition) is 2. The van der Waals surface area contributed by atoms with Crippen molar-refractivity contribution >= 4 is 23.5 Å². The van der Waals surface area contributed by atoms with E-state index in [1.165, 1.54) is 0 Å². The van der Waals surface area contributed by atoms with Gasteiger partial charge in [-0.15, -0.1) is 0 Å². The van der Waals surface area contributed by atoms with Crippen LogP contribution >= 0.6 is 11.6 Å². The Bertz CT molecular complexity index is 611. The van der Waals surface area contributed by atoms with Crippen LogP contribution in [0.2, 0.25) is 5.02 Å². The fourth-order valence-corrected chi connectivity index (χ4v) is 3.17. The van der Waals surface area contributed by atoms with Crippen LogP contribution in [0.4, 0.5) is 8.78 Å². The van der Waals surface area contributed by atoms with Crippen molar-refractivity contribution in [2.75, 3.05) is 0 Å². The Kier molecular flexibility index (Phi) is 5.48. The highest BCUT2D eigenvalue weighted by Gasteiger charge is 2.43. The summed E-state index contributed by atoms with van der Waals surface area (Å²) >= 11 is 5.83. The summed E-state index contributed by atoms with van der Waals surface area (Å²) in [5.74, 6) is -5.02. The van der Waals surface area contributed by atoms with Gasteiger partial charge in [-0.1, -0.05) is 30.7 Å². The summed E-state index contributed by atoms with van der Waals surface area (Å²) < 4.78 is 26.5. The monoisotopic (exact) mass is 359 g/mol. The van der Waals surface area contributed by atoms with Gasteiger partial charge in [-0.2, -0.15) is 0 Å². The molecule has 1 aromatic carbocycles.